The quantitative estimate of drug-likeness (QED) is 0.532. The van der Waals surface area contributed by atoms with E-state index in [4.69, 9.17) is 9.47 Å². The van der Waals surface area contributed by atoms with Gasteiger partial charge in [-0.15, -0.1) is 0 Å². The van der Waals surface area contributed by atoms with Crippen molar-refractivity contribution in [2.75, 3.05) is 0 Å². The van der Waals surface area contributed by atoms with Crippen molar-refractivity contribution in [3.8, 4) is 0 Å². The van der Waals surface area contributed by atoms with Crippen LogP contribution in [-0.4, -0.2) is 17.9 Å². The fourth-order valence-electron chi connectivity index (χ4n) is 3.12. The van der Waals surface area contributed by atoms with Gasteiger partial charge in [-0.3, -0.25) is 0 Å². The van der Waals surface area contributed by atoms with Gasteiger partial charge < -0.3 is 9.47 Å². The zero-order valence-corrected chi connectivity index (χ0v) is 7.79. The van der Waals surface area contributed by atoms with E-state index in [0.29, 0.717) is 5.92 Å². The molecule has 2 aliphatic carbocycles. The second-order valence-corrected chi connectivity index (χ2v) is 4.57. The Kier molecular flexibility index (Phi) is 1.36. The summed E-state index contributed by atoms with van der Waals surface area (Å²) in [5.74, 6) is 0.543. The van der Waals surface area contributed by atoms with Gasteiger partial charge in [0, 0.05) is 12.3 Å². The van der Waals surface area contributed by atoms with Crippen LogP contribution in [0.3, 0.4) is 0 Å². The van der Waals surface area contributed by atoms with Crippen LogP contribution in [0, 0.1) is 11.8 Å². The fraction of sp³-hybridized carbons (Fsp3) is 0.900. The minimum Gasteiger partial charge on any atom is -0.431 e. The summed E-state index contributed by atoms with van der Waals surface area (Å²) in [6.07, 6.45) is 4.25. The molecule has 0 radical (unpaired) electrons. The summed E-state index contributed by atoms with van der Waals surface area (Å²) in [5.41, 5.74) is 0. The van der Waals surface area contributed by atoms with E-state index in [0.717, 1.165) is 12.3 Å². The molecule has 3 aliphatic rings. The van der Waals surface area contributed by atoms with Crippen LogP contribution in [0.25, 0.3) is 0 Å². The predicted molar refractivity (Wildman–Crippen MR) is 44.8 cm³/mol. The highest BCUT2D eigenvalue weighted by Crippen LogP contribution is 2.55. The number of esters is 1. The van der Waals surface area contributed by atoms with Crippen molar-refractivity contribution in [3.05, 3.63) is 0 Å². The molecule has 1 saturated heterocycles. The Morgan fingerprint density at radius 1 is 1.46 bits per heavy atom. The summed E-state index contributed by atoms with van der Waals surface area (Å²) in [6.45, 7) is 1.78. The second-order valence-electron chi connectivity index (χ2n) is 4.57. The fourth-order valence-corrected chi connectivity index (χ4v) is 3.12. The van der Waals surface area contributed by atoms with E-state index in [-0.39, 0.29) is 12.1 Å². The Bertz CT molecular complexity index is 263. The molecule has 0 aromatic heterocycles. The molecule has 72 valence electrons. The lowest BCUT2D eigenvalue weighted by Gasteiger charge is -2.30. The number of carbonyl (C=O) groups excluding carboxylic acids is 1. The van der Waals surface area contributed by atoms with Gasteiger partial charge in [0.25, 0.3) is 0 Å². The molecule has 4 atom stereocenters. The van der Waals surface area contributed by atoms with Crippen molar-refractivity contribution in [1.29, 1.82) is 0 Å². The third kappa shape index (κ3) is 0.909. The van der Waals surface area contributed by atoms with Crippen molar-refractivity contribution >= 4 is 5.97 Å². The molecule has 2 saturated carbocycles. The molecule has 2 bridgehead atoms. The number of fused-ring (bicyclic) bond motifs is 3. The Labute approximate surface area is 77.4 Å². The Morgan fingerprint density at radius 2 is 2.31 bits per heavy atom. The first kappa shape index (κ1) is 7.80. The highest BCUT2D eigenvalue weighted by atomic mass is 16.8. The molecular weight excluding hydrogens is 168 g/mol. The summed E-state index contributed by atoms with van der Waals surface area (Å²) in [5, 5.41) is 0. The van der Waals surface area contributed by atoms with Gasteiger partial charge in [0.15, 0.2) is 6.10 Å². The van der Waals surface area contributed by atoms with Gasteiger partial charge in [-0.2, -0.15) is 0 Å². The maximum Gasteiger partial charge on any atom is 0.337 e. The molecule has 1 heterocycles. The first-order chi connectivity index (χ1) is 6.20. The number of carbonyl (C=O) groups is 1. The molecule has 0 aromatic rings. The Morgan fingerprint density at radius 3 is 2.77 bits per heavy atom. The number of rotatable bonds is 0. The standard InChI is InChI=1S/C10H14O3/c1-6-9(11)13-10(12-6)5-7-2-3-8(10)4-7/h6-8H,2-5H2,1H3. The lowest BCUT2D eigenvalue weighted by molar-refractivity contribution is -0.201. The second kappa shape index (κ2) is 2.27. The van der Waals surface area contributed by atoms with Gasteiger partial charge >= 0.3 is 5.97 Å². The van der Waals surface area contributed by atoms with Crippen molar-refractivity contribution in [2.24, 2.45) is 11.8 Å². The highest BCUT2D eigenvalue weighted by Gasteiger charge is 2.59. The average molecular weight is 182 g/mol. The Hall–Kier alpha value is -0.570. The van der Waals surface area contributed by atoms with Crippen molar-refractivity contribution < 1.29 is 14.3 Å². The first-order valence-corrected chi connectivity index (χ1v) is 5.10. The lowest BCUT2D eigenvalue weighted by Crippen LogP contribution is -2.36. The third-order valence-corrected chi connectivity index (χ3v) is 3.72. The van der Waals surface area contributed by atoms with Crippen LogP contribution in [0.15, 0.2) is 0 Å². The molecule has 3 fully saturated rings. The average Bonchev–Trinajstić information content (AvgIpc) is 2.68. The van der Waals surface area contributed by atoms with E-state index in [1.54, 1.807) is 6.92 Å². The van der Waals surface area contributed by atoms with Crippen LogP contribution in [-0.2, 0) is 14.3 Å². The molecule has 3 heteroatoms. The maximum atomic E-state index is 11.3. The third-order valence-electron chi connectivity index (χ3n) is 3.72. The number of ether oxygens (including phenoxy) is 2. The number of hydrogen-bond acceptors (Lipinski definition) is 3. The van der Waals surface area contributed by atoms with Crippen LogP contribution in [0.4, 0.5) is 0 Å². The summed E-state index contributed by atoms with van der Waals surface area (Å²) in [6, 6.07) is 0. The van der Waals surface area contributed by atoms with Crippen LogP contribution >= 0.6 is 0 Å². The molecule has 1 spiro atoms. The molecule has 3 rings (SSSR count). The summed E-state index contributed by atoms with van der Waals surface area (Å²) >= 11 is 0. The van der Waals surface area contributed by atoms with Gasteiger partial charge in [-0.1, -0.05) is 0 Å². The molecule has 3 nitrogen and oxygen atoms in total. The van der Waals surface area contributed by atoms with Crippen LogP contribution in [0.2, 0.25) is 0 Å². The highest BCUT2D eigenvalue weighted by molar-refractivity contribution is 5.76. The van der Waals surface area contributed by atoms with Gasteiger partial charge in [0.2, 0.25) is 5.79 Å². The Balaban J connectivity index is 1.88. The van der Waals surface area contributed by atoms with E-state index in [9.17, 15) is 4.79 Å². The predicted octanol–water partition coefficient (Wildman–Crippen LogP) is 1.46. The molecule has 0 amide bonds. The van der Waals surface area contributed by atoms with Gasteiger partial charge in [-0.25, -0.2) is 4.79 Å². The SMILES string of the molecule is CC1OC2(CC3CCC2C3)OC1=O. The monoisotopic (exact) mass is 182 g/mol. The molecule has 1 aliphatic heterocycles. The maximum absolute atomic E-state index is 11.3. The van der Waals surface area contributed by atoms with E-state index in [2.05, 4.69) is 0 Å². The number of hydrogen-bond donors (Lipinski definition) is 0. The van der Waals surface area contributed by atoms with E-state index in [1.807, 2.05) is 0 Å². The molecule has 4 unspecified atom stereocenters. The van der Waals surface area contributed by atoms with E-state index in [1.165, 1.54) is 19.3 Å². The van der Waals surface area contributed by atoms with Crippen LogP contribution < -0.4 is 0 Å². The minimum atomic E-state index is -0.501. The molecule has 0 aromatic carbocycles. The van der Waals surface area contributed by atoms with Gasteiger partial charge in [0.1, 0.15) is 0 Å². The van der Waals surface area contributed by atoms with E-state index < -0.39 is 5.79 Å². The topological polar surface area (TPSA) is 35.5 Å². The summed E-state index contributed by atoms with van der Waals surface area (Å²) in [7, 11) is 0. The van der Waals surface area contributed by atoms with Crippen molar-refractivity contribution in [1.82, 2.24) is 0 Å². The zero-order chi connectivity index (χ0) is 9.05. The largest absolute Gasteiger partial charge is 0.431 e. The smallest absolute Gasteiger partial charge is 0.337 e. The van der Waals surface area contributed by atoms with Crippen molar-refractivity contribution in [3.63, 3.8) is 0 Å². The normalized spacial score (nSPS) is 53.3. The lowest BCUT2D eigenvalue weighted by atomic mass is 9.94. The molecule has 0 N–H and O–H groups in total. The molecule has 13 heavy (non-hydrogen) atoms. The summed E-state index contributed by atoms with van der Waals surface area (Å²) < 4.78 is 11.1. The van der Waals surface area contributed by atoms with Crippen LogP contribution in [0.5, 0.6) is 0 Å². The first-order valence-electron chi connectivity index (χ1n) is 5.10. The minimum absolute atomic E-state index is 0.174. The van der Waals surface area contributed by atoms with Gasteiger partial charge in [0.05, 0.1) is 0 Å². The zero-order valence-electron chi connectivity index (χ0n) is 7.79. The van der Waals surface area contributed by atoms with Crippen molar-refractivity contribution in [2.45, 2.75) is 44.5 Å². The van der Waals surface area contributed by atoms with Gasteiger partial charge in [-0.05, 0) is 32.1 Å². The summed E-state index contributed by atoms with van der Waals surface area (Å²) in [4.78, 5) is 11.3. The van der Waals surface area contributed by atoms with E-state index >= 15 is 0 Å². The van der Waals surface area contributed by atoms with Crippen LogP contribution in [0.1, 0.15) is 32.6 Å². The molecular formula is C10H14O3.